The van der Waals surface area contributed by atoms with Gasteiger partial charge in [0.25, 0.3) is 10.0 Å². The molecule has 2 aromatic rings. The molecular formula is C12H11BrClNO2S2. The van der Waals surface area contributed by atoms with Crippen LogP contribution in [0.2, 0.25) is 4.34 Å². The smallest absolute Gasteiger partial charge is 0.271 e. The Bertz CT molecular complexity index is 698. The monoisotopic (exact) mass is 379 g/mol. The van der Waals surface area contributed by atoms with Crippen LogP contribution in [0.4, 0.5) is 5.69 Å². The summed E-state index contributed by atoms with van der Waals surface area (Å²) < 4.78 is 28.6. The van der Waals surface area contributed by atoms with Gasteiger partial charge >= 0.3 is 0 Å². The first-order valence-electron chi connectivity index (χ1n) is 5.49. The first kappa shape index (κ1) is 14.8. The van der Waals surface area contributed by atoms with E-state index in [0.717, 1.165) is 27.8 Å². The molecule has 0 radical (unpaired) electrons. The lowest BCUT2D eigenvalue weighted by Gasteiger charge is -2.11. The molecular weight excluding hydrogens is 370 g/mol. The lowest BCUT2D eigenvalue weighted by atomic mass is 10.1. The van der Waals surface area contributed by atoms with Crippen LogP contribution in [0.3, 0.4) is 0 Å². The van der Waals surface area contributed by atoms with Crippen molar-refractivity contribution < 1.29 is 8.42 Å². The van der Waals surface area contributed by atoms with Crippen molar-refractivity contribution in [3.63, 3.8) is 0 Å². The van der Waals surface area contributed by atoms with Gasteiger partial charge in [-0.05, 0) is 42.3 Å². The summed E-state index contributed by atoms with van der Waals surface area (Å²) in [6.07, 6.45) is 0.739. The van der Waals surface area contributed by atoms with Crippen molar-refractivity contribution in [3.05, 3.63) is 44.7 Å². The molecule has 1 N–H and O–H groups in total. The number of halogens is 2. The molecule has 1 heterocycles. The average molecular weight is 381 g/mol. The van der Waals surface area contributed by atoms with E-state index in [2.05, 4.69) is 20.7 Å². The normalized spacial score (nSPS) is 11.5. The molecule has 19 heavy (non-hydrogen) atoms. The fraction of sp³-hybridized carbons (Fsp3) is 0.167. The first-order valence-corrected chi connectivity index (χ1v) is 8.96. The standard InChI is InChI=1S/C12H11BrClNO2S2/c1-2-8-7-9(13)3-4-10(8)15-19(16,17)12-6-5-11(14)18-12/h3-7,15H,2H2,1H3. The van der Waals surface area contributed by atoms with E-state index < -0.39 is 10.0 Å². The number of sulfonamides is 1. The molecule has 0 aliphatic heterocycles. The molecule has 0 fully saturated rings. The minimum atomic E-state index is -3.57. The molecule has 0 saturated heterocycles. The third-order valence-electron chi connectivity index (χ3n) is 2.51. The molecule has 1 aromatic carbocycles. The Morgan fingerprint density at radius 2 is 2.05 bits per heavy atom. The number of thiophene rings is 1. The summed E-state index contributed by atoms with van der Waals surface area (Å²) in [6.45, 7) is 1.97. The lowest BCUT2D eigenvalue weighted by molar-refractivity contribution is 0.603. The van der Waals surface area contributed by atoms with Crippen LogP contribution in [-0.4, -0.2) is 8.42 Å². The summed E-state index contributed by atoms with van der Waals surface area (Å²) in [6, 6.07) is 8.52. The van der Waals surface area contributed by atoms with Crippen molar-refractivity contribution >= 4 is 54.6 Å². The third-order valence-corrected chi connectivity index (χ3v) is 6.09. The predicted octanol–water partition coefficient (Wildman–Crippen LogP) is 4.53. The third kappa shape index (κ3) is 3.51. The molecule has 2 rings (SSSR count). The summed E-state index contributed by atoms with van der Waals surface area (Å²) in [5.74, 6) is 0. The topological polar surface area (TPSA) is 46.2 Å². The van der Waals surface area contributed by atoms with Crippen LogP contribution in [0.15, 0.2) is 39.0 Å². The van der Waals surface area contributed by atoms with Crippen LogP contribution in [0.25, 0.3) is 0 Å². The van der Waals surface area contributed by atoms with Gasteiger partial charge in [-0.2, -0.15) is 0 Å². The van der Waals surface area contributed by atoms with E-state index in [1.807, 2.05) is 13.0 Å². The quantitative estimate of drug-likeness (QED) is 0.847. The van der Waals surface area contributed by atoms with Gasteiger partial charge in [-0.15, -0.1) is 11.3 Å². The molecule has 0 unspecified atom stereocenters. The minimum Gasteiger partial charge on any atom is -0.279 e. The zero-order chi connectivity index (χ0) is 14.0. The number of aryl methyl sites for hydroxylation is 1. The van der Waals surface area contributed by atoms with Crippen molar-refractivity contribution in [2.45, 2.75) is 17.6 Å². The Balaban J connectivity index is 2.35. The molecule has 0 aliphatic carbocycles. The van der Waals surface area contributed by atoms with Gasteiger partial charge < -0.3 is 0 Å². The van der Waals surface area contributed by atoms with Crippen LogP contribution in [0, 0.1) is 0 Å². The Hall–Kier alpha value is -0.560. The van der Waals surface area contributed by atoms with Crippen LogP contribution in [0.5, 0.6) is 0 Å². The first-order chi connectivity index (χ1) is 8.92. The van der Waals surface area contributed by atoms with E-state index in [4.69, 9.17) is 11.6 Å². The Morgan fingerprint density at radius 3 is 2.63 bits per heavy atom. The highest BCUT2D eigenvalue weighted by molar-refractivity contribution is 9.10. The summed E-state index contributed by atoms with van der Waals surface area (Å²) >= 11 is 10.2. The molecule has 102 valence electrons. The van der Waals surface area contributed by atoms with E-state index in [-0.39, 0.29) is 4.21 Å². The van der Waals surface area contributed by atoms with Gasteiger partial charge in [0, 0.05) is 4.47 Å². The number of nitrogens with one attached hydrogen (secondary N) is 1. The van der Waals surface area contributed by atoms with E-state index in [9.17, 15) is 8.42 Å². The van der Waals surface area contributed by atoms with Gasteiger partial charge in [0.1, 0.15) is 4.21 Å². The number of hydrogen-bond donors (Lipinski definition) is 1. The molecule has 0 atom stereocenters. The highest BCUT2D eigenvalue weighted by atomic mass is 79.9. The van der Waals surface area contributed by atoms with Crippen LogP contribution >= 0.6 is 38.9 Å². The zero-order valence-electron chi connectivity index (χ0n) is 9.98. The average Bonchev–Trinajstić information content (AvgIpc) is 2.79. The van der Waals surface area contributed by atoms with Crippen molar-refractivity contribution in [2.75, 3.05) is 4.72 Å². The van der Waals surface area contributed by atoms with E-state index in [1.54, 1.807) is 18.2 Å². The van der Waals surface area contributed by atoms with Gasteiger partial charge in [-0.3, -0.25) is 4.72 Å². The van der Waals surface area contributed by atoms with Gasteiger partial charge in [0.2, 0.25) is 0 Å². The fourth-order valence-electron chi connectivity index (χ4n) is 1.59. The Labute approximate surface area is 129 Å². The highest BCUT2D eigenvalue weighted by Crippen LogP contribution is 2.29. The summed E-state index contributed by atoms with van der Waals surface area (Å²) in [5, 5.41) is 0. The van der Waals surface area contributed by atoms with Crippen LogP contribution in [-0.2, 0) is 16.4 Å². The summed E-state index contributed by atoms with van der Waals surface area (Å²) in [5.41, 5.74) is 1.52. The van der Waals surface area contributed by atoms with Crippen molar-refractivity contribution in [1.29, 1.82) is 0 Å². The number of anilines is 1. The summed E-state index contributed by atoms with van der Waals surface area (Å²) in [7, 11) is -3.57. The molecule has 0 spiro atoms. The van der Waals surface area contributed by atoms with Crippen molar-refractivity contribution in [3.8, 4) is 0 Å². The summed E-state index contributed by atoms with van der Waals surface area (Å²) in [4.78, 5) is 0. The second-order valence-corrected chi connectivity index (χ2v) is 8.36. The second kappa shape index (κ2) is 5.83. The Kier molecular flexibility index (Phi) is 4.55. The maximum Gasteiger partial charge on any atom is 0.271 e. The van der Waals surface area contributed by atoms with E-state index >= 15 is 0 Å². The number of rotatable bonds is 4. The molecule has 0 amide bonds. The van der Waals surface area contributed by atoms with Crippen LogP contribution < -0.4 is 4.72 Å². The number of hydrogen-bond acceptors (Lipinski definition) is 3. The molecule has 0 bridgehead atoms. The number of benzene rings is 1. The van der Waals surface area contributed by atoms with Gasteiger partial charge in [-0.25, -0.2) is 8.42 Å². The van der Waals surface area contributed by atoms with Crippen LogP contribution in [0.1, 0.15) is 12.5 Å². The molecule has 0 saturated carbocycles. The van der Waals surface area contributed by atoms with Gasteiger partial charge in [0.15, 0.2) is 0 Å². The molecule has 7 heteroatoms. The zero-order valence-corrected chi connectivity index (χ0v) is 14.0. The van der Waals surface area contributed by atoms with Crippen molar-refractivity contribution in [2.24, 2.45) is 0 Å². The largest absolute Gasteiger partial charge is 0.279 e. The van der Waals surface area contributed by atoms with E-state index in [0.29, 0.717) is 10.0 Å². The SMILES string of the molecule is CCc1cc(Br)ccc1NS(=O)(=O)c1ccc(Cl)s1. The maximum atomic E-state index is 12.2. The van der Waals surface area contributed by atoms with Gasteiger partial charge in [-0.1, -0.05) is 34.5 Å². The highest BCUT2D eigenvalue weighted by Gasteiger charge is 2.18. The molecule has 0 aliphatic rings. The van der Waals surface area contributed by atoms with Gasteiger partial charge in [0.05, 0.1) is 10.0 Å². The molecule has 3 nitrogen and oxygen atoms in total. The Morgan fingerprint density at radius 1 is 1.32 bits per heavy atom. The minimum absolute atomic E-state index is 0.211. The second-order valence-electron chi connectivity index (χ2n) is 3.82. The molecule has 1 aromatic heterocycles. The lowest BCUT2D eigenvalue weighted by Crippen LogP contribution is -2.12. The fourth-order valence-corrected chi connectivity index (χ4v) is 4.58. The van der Waals surface area contributed by atoms with E-state index in [1.165, 1.54) is 6.07 Å². The maximum absolute atomic E-state index is 12.2. The van der Waals surface area contributed by atoms with Crippen molar-refractivity contribution in [1.82, 2.24) is 0 Å². The predicted molar refractivity (Wildman–Crippen MR) is 83.7 cm³/mol.